The number of carbonyl (C=O) groups excluding carboxylic acids is 4. The van der Waals surface area contributed by atoms with E-state index in [9.17, 15) is 19.2 Å². The lowest BCUT2D eigenvalue weighted by atomic mass is 9.96. The first-order valence-corrected chi connectivity index (χ1v) is 15.9. The number of fused-ring (bicyclic) bond motifs is 4. The molecule has 6 atom stereocenters. The molecular formula is C33H49N5O6. The number of hydrogen-bond donors (Lipinski definition) is 2. The second-order valence-corrected chi connectivity index (χ2v) is 12.8. The van der Waals surface area contributed by atoms with E-state index in [1.807, 2.05) is 46.7 Å². The Morgan fingerprint density at radius 1 is 1.16 bits per heavy atom. The lowest BCUT2D eigenvalue weighted by Crippen LogP contribution is -2.60. The van der Waals surface area contributed by atoms with Gasteiger partial charge < -0.3 is 29.9 Å². The lowest BCUT2D eigenvalue weighted by Gasteiger charge is -2.36. The van der Waals surface area contributed by atoms with E-state index >= 15 is 0 Å². The zero-order valence-corrected chi connectivity index (χ0v) is 27.2. The molecule has 0 aliphatic carbocycles. The van der Waals surface area contributed by atoms with Crippen LogP contribution in [0.1, 0.15) is 65.4 Å². The molecule has 2 saturated heterocycles. The average Bonchev–Trinajstić information content (AvgIpc) is 3.63. The number of likely N-dealkylation sites (N-methyl/N-ethyl adjacent to an activating group) is 1. The molecule has 2 fully saturated rings. The second-order valence-electron chi connectivity index (χ2n) is 12.8. The van der Waals surface area contributed by atoms with E-state index in [-0.39, 0.29) is 35.5 Å². The molecule has 2 bridgehead atoms. The van der Waals surface area contributed by atoms with Gasteiger partial charge in [0, 0.05) is 31.3 Å². The Labute approximate surface area is 261 Å². The van der Waals surface area contributed by atoms with Gasteiger partial charge in [0.1, 0.15) is 35.7 Å². The highest BCUT2D eigenvalue weighted by Gasteiger charge is 2.49. The van der Waals surface area contributed by atoms with E-state index in [1.54, 1.807) is 47.4 Å². The van der Waals surface area contributed by atoms with Crippen LogP contribution in [0.15, 0.2) is 24.4 Å². The van der Waals surface area contributed by atoms with Crippen LogP contribution in [0.3, 0.4) is 0 Å². The van der Waals surface area contributed by atoms with Crippen molar-refractivity contribution in [1.29, 1.82) is 0 Å². The van der Waals surface area contributed by atoms with E-state index in [0.717, 1.165) is 6.42 Å². The summed E-state index contributed by atoms with van der Waals surface area (Å²) in [6.45, 7) is 8.79. The van der Waals surface area contributed by atoms with Crippen molar-refractivity contribution in [2.45, 2.75) is 90.1 Å². The average molecular weight is 612 g/mol. The summed E-state index contributed by atoms with van der Waals surface area (Å²) in [5.41, 5.74) is 0.707. The first-order valence-electron chi connectivity index (χ1n) is 15.9. The SMILES string of the molecule is CCC(C)[C@H](C(=O)NC(CC(C)C)C(=O)N1CC[C@@H]2Oc3ccc(OC)c(c3)/C=C/NC(=O)[C@@H]3CCCN3C(=O)[C@H]21)N(C)C. The van der Waals surface area contributed by atoms with Crippen molar-refractivity contribution in [3.05, 3.63) is 30.0 Å². The maximum absolute atomic E-state index is 14.4. The van der Waals surface area contributed by atoms with Crippen LogP contribution in [0.2, 0.25) is 0 Å². The van der Waals surface area contributed by atoms with Gasteiger partial charge in [0.25, 0.3) is 0 Å². The summed E-state index contributed by atoms with van der Waals surface area (Å²) in [5, 5.41) is 5.88. The highest BCUT2D eigenvalue weighted by molar-refractivity contribution is 5.96. The quantitative estimate of drug-likeness (QED) is 0.441. The first kappa shape index (κ1) is 33.3. The zero-order valence-electron chi connectivity index (χ0n) is 27.2. The Hall–Kier alpha value is -3.60. The number of ether oxygens (including phenoxy) is 2. The molecule has 242 valence electrons. The monoisotopic (exact) mass is 611 g/mol. The smallest absolute Gasteiger partial charge is 0.249 e. The third-order valence-corrected chi connectivity index (χ3v) is 9.02. The molecule has 0 saturated carbocycles. The van der Waals surface area contributed by atoms with Gasteiger partial charge in [0.05, 0.1) is 13.2 Å². The normalized spacial score (nSPS) is 24.6. The highest BCUT2D eigenvalue weighted by Crippen LogP contribution is 2.32. The van der Waals surface area contributed by atoms with Gasteiger partial charge in [-0.15, -0.1) is 0 Å². The van der Waals surface area contributed by atoms with Crippen molar-refractivity contribution < 1.29 is 28.7 Å². The minimum absolute atomic E-state index is 0.0865. The van der Waals surface area contributed by atoms with Gasteiger partial charge in [-0.25, -0.2) is 0 Å². The minimum atomic E-state index is -0.944. The third-order valence-electron chi connectivity index (χ3n) is 9.02. The number of rotatable bonds is 9. The van der Waals surface area contributed by atoms with Gasteiger partial charge >= 0.3 is 0 Å². The van der Waals surface area contributed by atoms with Crippen molar-refractivity contribution >= 4 is 29.7 Å². The minimum Gasteiger partial charge on any atom is -0.496 e. The standard InChI is InChI=1S/C33H49N5O6/c1-8-21(4)28(36(5)6)31(40)35-24(18-20(2)3)32(41)38-17-14-27-29(38)33(42)37-16-9-10-25(37)30(39)34-15-13-22-19-23(44-27)11-12-26(22)43-7/h11-13,15,19-21,24-25,27-29H,8-10,14,16-18H2,1-7H3,(H,34,39)(H,35,40)/b15-13+/t21?,24?,25-,27-,28+,29-/m0/s1. The summed E-state index contributed by atoms with van der Waals surface area (Å²) in [6, 6.07) is 2.54. The zero-order chi connectivity index (χ0) is 32.1. The predicted octanol–water partition coefficient (Wildman–Crippen LogP) is 2.64. The Morgan fingerprint density at radius 2 is 1.91 bits per heavy atom. The van der Waals surface area contributed by atoms with Crippen LogP contribution < -0.4 is 20.1 Å². The molecule has 3 aliphatic rings. The molecule has 3 heterocycles. The molecule has 0 spiro atoms. The summed E-state index contributed by atoms with van der Waals surface area (Å²) in [5.74, 6) is 0.245. The van der Waals surface area contributed by atoms with Gasteiger partial charge in [-0.05, 0) is 69.5 Å². The molecule has 0 radical (unpaired) electrons. The third kappa shape index (κ3) is 7.20. The van der Waals surface area contributed by atoms with Crippen LogP contribution in [0.4, 0.5) is 0 Å². The number of amides is 4. The van der Waals surface area contributed by atoms with Crippen molar-refractivity contribution in [3.63, 3.8) is 0 Å². The van der Waals surface area contributed by atoms with Gasteiger partial charge in [-0.1, -0.05) is 34.1 Å². The molecule has 1 aromatic rings. The second kappa shape index (κ2) is 14.5. The van der Waals surface area contributed by atoms with Crippen molar-refractivity contribution in [2.75, 3.05) is 34.3 Å². The van der Waals surface area contributed by atoms with E-state index in [2.05, 4.69) is 10.6 Å². The molecule has 0 aromatic heterocycles. The van der Waals surface area contributed by atoms with Crippen LogP contribution in [-0.4, -0.2) is 103 Å². The Kier molecular flexibility index (Phi) is 10.9. The van der Waals surface area contributed by atoms with E-state index in [0.29, 0.717) is 55.8 Å². The molecular weight excluding hydrogens is 562 g/mol. The summed E-state index contributed by atoms with van der Waals surface area (Å²) in [4.78, 5) is 60.5. The molecule has 3 aliphatic heterocycles. The summed E-state index contributed by atoms with van der Waals surface area (Å²) >= 11 is 0. The van der Waals surface area contributed by atoms with Gasteiger partial charge in [-0.3, -0.25) is 24.1 Å². The first-order chi connectivity index (χ1) is 21.0. The number of nitrogens with one attached hydrogen (secondary N) is 2. The summed E-state index contributed by atoms with van der Waals surface area (Å²) in [7, 11) is 5.31. The topological polar surface area (TPSA) is 121 Å². The van der Waals surface area contributed by atoms with Crippen LogP contribution in [0.5, 0.6) is 11.5 Å². The molecule has 4 amide bonds. The summed E-state index contributed by atoms with van der Waals surface area (Å²) in [6.07, 6.45) is 5.54. The maximum Gasteiger partial charge on any atom is 0.249 e. The maximum atomic E-state index is 14.4. The highest BCUT2D eigenvalue weighted by atomic mass is 16.5. The molecule has 1 aromatic carbocycles. The van der Waals surface area contributed by atoms with Gasteiger partial charge in [0.15, 0.2) is 0 Å². The predicted molar refractivity (Wildman–Crippen MR) is 168 cm³/mol. The number of methoxy groups -OCH3 is 1. The number of carbonyl (C=O) groups is 4. The number of likely N-dealkylation sites (tertiary alicyclic amines) is 1. The molecule has 44 heavy (non-hydrogen) atoms. The van der Waals surface area contributed by atoms with Crippen LogP contribution in [0, 0.1) is 11.8 Å². The van der Waals surface area contributed by atoms with Crippen molar-refractivity contribution in [2.24, 2.45) is 11.8 Å². The van der Waals surface area contributed by atoms with E-state index in [1.165, 1.54) is 0 Å². The molecule has 2 unspecified atom stereocenters. The number of nitrogens with zero attached hydrogens (tertiary/aromatic N) is 3. The Bertz CT molecular complexity index is 1250. The van der Waals surface area contributed by atoms with Crippen molar-refractivity contribution in [1.82, 2.24) is 25.3 Å². The Morgan fingerprint density at radius 3 is 2.57 bits per heavy atom. The van der Waals surface area contributed by atoms with E-state index < -0.39 is 30.3 Å². The fourth-order valence-electron chi connectivity index (χ4n) is 6.68. The number of hydrogen-bond acceptors (Lipinski definition) is 7. The van der Waals surface area contributed by atoms with Crippen LogP contribution >= 0.6 is 0 Å². The van der Waals surface area contributed by atoms with Gasteiger partial charge in [0.2, 0.25) is 23.6 Å². The number of benzene rings is 1. The summed E-state index contributed by atoms with van der Waals surface area (Å²) < 4.78 is 11.9. The van der Waals surface area contributed by atoms with Crippen LogP contribution in [-0.2, 0) is 19.2 Å². The van der Waals surface area contributed by atoms with Gasteiger partial charge in [-0.2, -0.15) is 0 Å². The fraction of sp³-hybridized carbons (Fsp3) is 0.636. The lowest BCUT2D eigenvalue weighted by molar-refractivity contribution is -0.150. The fourth-order valence-corrected chi connectivity index (χ4v) is 6.68. The Balaban J connectivity index is 1.69. The molecule has 2 N–H and O–H groups in total. The largest absolute Gasteiger partial charge is 0.496 e. The van der Waals surface area contributed by atoms with Crippen molar-refractivity contribution in [3.8, 4) is 11.5 Å². The van der Waals surface area contributed by atoms with Crippen LogP contribution in [0.25, 0.3) is 6.08 Å². The molecule has 4 rings (SSSR count). The van der Waals surface area contributed by atoms with E-state index in [4.69, 9.17) is 9.47 Å². The molecule has 11 heteroatoms. The molecule has 11 nitrogen and oxygen atoms in total.